The van der Waals surface area contributed by atoms with Crippen LogP contribution in [0.15, 0.2) is 6.07 Å². The topological polar surface area (TPSA) is 93.4 Å². The third-order valence-electron chi connectivity index (χ3n) is 3.34. The molecule has 0 aliphatic heterocycles. The number of carboxylic acids is 1. The Balaban J connectivity index is 2.24. The zero-order valence-electron chi connectivity index (χ0n) is 13.0. The Morgan fingerprint density at radius 3 is 2.77 bits per heavy atom. The zero-order chi connectivity index (χ0) is 16.5. The first-order chi connectivity index (χ1) is 10.3. The molecule has 8 heteroatoms. The van der Waals surface area contributed by atoms with Gasteiger partial charge in [-0.2, -0.15) is 5.10 Å². The number of thiophene rings is 1. The number of aromatic nitrogens is 2. The van der Waals surface area contributed by atoms with Gasteiger partial charge in [-0.1, -0.05) is 0 Å². The van der Waals surface area contributed by atoms with Gasteiger partial charge in [0.25, 0.3) is 5.91 Å². The number of rotatable bonds is 6. The average molecular weight is 325 g/mol. The SMILES string of the molecule is COCC(C)(CC(=O)O)NC(=O)c1cc2c(C)nn(C)c2s1. The van der Waals surface area contributed by atoms with Crippen LogP contribution in [0.2, 0.25) is 0 Å². The van der Waals surface area contributed by atoms with Gasteiger partial charge in [-0.15, -0.1) is 11.3 Å². The number of carboxylic acid groups (broad SMARTS) is 1. The first-order valence-corrected chi connectivity index (χ1v) is 7.54. The summed E-state index contributed by atoms with van der Waals surface area (Å²) < 4.78 is 6.77. The number of nitrogens with one attached hydrogen (secondary N) is 1. The van der Waals surface area contributed by atoms with E-state index < -0.39 is 11.5 Å². The fraction of sp³-hybridized carbons (Fsp3) is 0.500. The molecular weight excluding hydrogens is 306 g/mol. The first-order valence-electron chi connectivity index (χ1n) is 6.72. The number of ether oxygens (including phenoxy) is 1. The van der Waals surface area contributed by atoms with Gasteiger partial charge in [0.2, 0.25) is 0 Å². The highest BCUT2D eigenvalue weighted by atomic mass is 32.1. The second kappa shape index (κ2) is 6.05. The summed E-state index contributed by atoms with van der Waals surface area (Å²) in [5.74, 6) is -1.29. The number of hydrogen-bond donors (Lipinski definition) is 2. The van der Waals surface area contributed by atoms with E-state index in [1.807, 2.05) is 14.0 Å². The number of hydrogen-bond acceptors (Lipinski definition) is 5. The summed E-state index contributed by atoms with van der Waals surface area (Å²) in [4.78, 5) is 24.8. The number of carbonyl (C=O) groups is 2. The number of nitrogens with zero attached hydrogens (tertiary/aromatic N) is 2. The Bertz CT molecular complexity index is 687. The quantitative estimate of drug-likeness (QED) is 0.840. The van der Waals surface area contributed by atoms with Crippen molar-refractivity contribution < 1.29 is 19.4 Å². The molecule has 0 aromatic carbocycles. The summed E-state index contributed by atoms with van der Waals surface area (Å²) in [6.45, 7) is 3.66. The molecule has 2 N–H and O–H groups in total. The lowest BCUT2D eigenvalue weighted by atomic mass is 9.99. The van der Waals surface area contributed by atoms with E-state index in [0.717, 1.165) is 15.9 Å². The van der Waals surface area contributed by atoms with Gasteiger partial charge in [0.1, 0.15) is 4.83 Å². The molecule has 2 heterocycles. The van der Waals surface area contributed by atoms with Crippen molar-refractivity contribution in [2.24, 2.45) is 7.05 Å². The molecule has 0 fully saturated rings. The molecule has 0 aliphatic rings. The van der Waals surface area contributed by atoms with Crippen LogP contribution < -0.4 is 5.32 Å². The van der Waals surface area contributed by atoms with Crippen LogP contribution in [0.25, 0.3) is 10.2 Å². The molecule has 22 heavy (non-hydrogen) atoms. The van der Waals surface area contributed by atoms with E-state index in [1.54, 1.807) is 17.7 Å². The molecule has 2 rings (SSSR count). The monoisotopic (exact) mass is 325 g/mol. The van der Waals surface area contributed by atoms with E-state index in [-0.39, 0.29) is 18.9 Å². The van der Waals surface area contributed by atoms with E-state index >= 15 is 0 Å². The summed E-state index contributed by atoms with van der Waals surface area (Å²) in [6.07, 6.45) is -0.210. The second-order valence-electron chi connectivity index (χ2n) is 5.56. The molecule has 1 unspecified atom stereocenters. The van der Waals surface area contributed by atoms with Crippen molar-refractivity contribution in [2.45, 2.75) is 25.8 Å². The number of carbonyl (C=O) groups excluding carboxylic acids is 1. The molecule has 0 spiro atoms. The minimum atomic E-state index is -0.990. The Labute approximate surface area is 131 Å². The Morgan fingerprint density at radius 2 is 2.23 bits per heavy atom. The molecule has 2 aromatic heterocycles. The van der Waals surface area contributed by atoms with Crippen molar-refractivity contribution in [3.05, 3.63) is 16.6 Å². The van der Waals surface area contributed by atoms with Gasteiger partial charge in [-0.25, -0.2) is 0 Å². The van der Waals surface area contributed by atoms with Crippen LogP contribution in [0.1, 0.15) is 28.7 Å². The molecule has 0 aliphatic carbocycles. The molecule has 2 aromatic rings. The predicted molar refractivity (Wildman–Crippen MR) is 83.3 cm³/mol. The van der Waals surface area contributed by atoms with Crippen LogP contribution in [0.4, 0.5) is 0 Å². The maximum Gasteiger partial charge on any atom is 0.305 e. The molecule has 0 bridgehead atoms. The molecule has 1 amide bonds. The van der Waals surface area contributed by atoms with Crippen molar-refractivity contribution in [2.75, 3.05) is 13.7 Å². The van der Waals surface area contributed by atoms with Gasteiger partial charge in [-0.3, -0.25) is 14.3 Å². The summed E-state index contributed by atoms with van der Waals surface area (Å²) >= 11 is 1.33. The van der Waals surface area contributed by atoms with Crippen LogP contribution in [0, 0.1) is 6.92 Å². The Kier molecular flexibility index (Phi) is 4.52. The van der Waals surface area contributed by atoms with Crippen LogP contribution >= 0.6 is 11.3 Å². The molecule has 0 radical (unpaired) electrons. The summed E-state index contributed by atoms with van der Waals surface area (Å²) in [6, 6.07) is 1.78. The van der Waals surface area contributed by atoms with Crippen LogP contribution in [-0.2, 0) is 16.6 Å². The third kappa shape index (κ3) is 3.28. The summed E-state index contributed by atoms with van der Waals surface area (Å²) in [5, 5.41) is 17.0. The standard InChI is InChI=1S/C14H19N3O4S/c1-8-9-5-10(22-13(9)17(3)16-8)12(20)15-14(2,7-21-4)6-11(18)19/h5H,6-7H2,1-4H3,(H,15,20)(H,18,19). The lowest BCUT2D eigenvalue weighted by Crippen LogP contribution is -2.50. The smallest absolute Gasteiger partial charge is 0.305 e. The lowest BCUT2D eigenvalue weighted by Gasteiger charge is -2.28. The number of aliphatic carboxylic acids is 1. The molecule has 0 saturated heterocycles. The Morgan fingerprint density at radius 1 is 1.55 bits per heavy atom. The molecule has 7 nitrogen and oxygen atoms in total. The van der Waals surface area contributed by atoms with Gasteiger partial charge >= 0.3 is 5.97 Å². The largest absolute Gasteiger partial charge is 0.481 e. The van der Waals surface area contributed by atoms with Crippen LogP contribution in [-0.4, -0.2) is 46.0 Å². The fourth-order valence-corrected chi connectivity index (χ4v) is 3.45. The van der Waals surface area contributed by atoms with Crippen molar-refractivity contribution in [3.8, 4) is 0 Å². The maximum atomic E-state index is 12.4. The maximum absolute atomic E-state index is 12.4. The molecule has 1 atom stereocenters. The number of methoxy groups -OCH3 is 1. The highest BCUT2D eigenvalue weighted by Gasteiger charge is 2.30. The first kappa shape index (κ1) is 16.4. The average Bonchev–Trinajstić information content (AvgIpc) is 2.91. The van der Waals surface area contributed by atoms with E-state index in [4.69, 9.17) is 9.84 Å². The van der Waals surface area contributed by atoms with Crippen molar-refractivity contribution in [3.63, 3.8) is 0 Å². The van der Waals surface area contributed by atoms with Gasteiger partial charge in [0.05, 0.1) is 29.1 Å². The van der Waals surface area contributed by atoms with Crippen LogP contribution in [0.5, 0.6) is 0 Å². The number of fused-ring (bicyclic) bond motifs is 1. The number of amides is 1. The van der Waals surface area contributed by atoms with Crippen LogP contribution in [0.3, 0.4) is 0 Å². The van der Waals surface area contributed by atoms with Gasteiger partial charge in [-0.05, 0) is 19.9 Å². The third-order valence-corrected chi connectivity index (χ3v) is 4.54. The molecule has 0 saturated carbocycles. The van der Waals surface area contributed by atoms with Gasteiger partial charge in [0, 0.05) is 19.5 Å². The molecular formula is C14H19N3O4S. The normalized spacial score (nSPS) is 14.0. The predicted octanol–water partition coefficient (Wildman–Crippen LogP) is 1.55. The lowest BCUT2D eigenvalue weighted by molar-refractivity contribution is -0.139. The van der Waals surface area contributed by atoms with Crippen molar-refractivity contribution >= 4 is 33.4 Å². The minimum absolute atomic E-state index is 0.122. The zero-order valence-corrected chi connectivity index (χ0v) is 13.8. The van der Waals surface area contributed by atoms with E-state index in [0.29, 0.717) is 4.88 Å². The van der Waals surface area contributed by atoms with Crippen molar-refractivity contribution in [1.82, 2.24) is 15.1 Å². The Hall–Kier alpha value is -1.93. The highest BCUT2D eigenvalue weighted by molar-refractivity contribution is 7.20. The van der Waals surface area contributed by atoms with E-state index in [9.17, 15) is 9.59 Å². The van der Waals surface area contributed by atoms with Crippen molar-refractivity contribution in [1.29, 1.82) is 0 Å². The number of aryl methyl sites for hydroxylation is 2. The van der Waals surface area contributed by atoms with E-state index in [2.05, 4.69) is 10.4 Å². The highest BCUT2D eigenvalue weighted by Crippen LogP contribution is 2.28. The minimum Gasteiger partial charge on any atom is -0.481 e. The van der Waals surface area contributed by atoms with Gasteiger partial charge < -0.3 is 15.2 Å². The summed E-state index contributed by atoms with van der Waals surface area (Å²) in [5.41, 5.74) is -0.0980. The molecule has 120 valence electrons. The van der Waals surface area contributed by atoms with Gasteiger partial charge in [0.15, 0.2) is 0 Å². The van der Waals surface area contributed by atoms with E-state index in [1.165, 1.54) is 18.4 Å². The second-order valence-corrected chi connectivity index (χ2v) is 6.59. The summed E-state index contributed by atoms with van der Waals surface area (Å²) in [7, 11) is 3.30. The fourth-order valence-electron chi connectivity index (χ4n) is 2.44.